The molecule has 9 heteroatoms. The fourth-order valence-electron chi connectivity index (χ4n) is 3.35. The number of halogens is 1. The molecule has 1 heterocycles. The van der Waals surface area contributed by atoms with Gasteiger partial charge < -0.3 is 24.6 Å². The van der Waals surface area contributed by atoms with Crippen molar-refractivity contribution in [3.63, 3.8) is 0 Å². The van der Waals surface area contributed by atoms with Gasteiger partial charge in [0.05, 0.1) is 33.0 Å². The molecule has 1 aromatic carbocycles. The first-order chi connectivity index (χ1) is 14.3. The highest BCUT2D eigenvalue weighted by Gasteiger charge is 2.17. The summed E-state index contributed by atoms with van der Waals surface area (Å²) >= 11 is 0. The lowest BCUT2D eigenvalue weighted by Gasteiger charge is -2.26. The van der Waals surface area contributed by atoms with Crippen molar-refractivity contribution in [2.24, 2.45) is 12.0 Å². The zero-order chi connectivity index (χ0) is 22.3. The van der Waals surface area contributed by atoms with Crippen LogP contribution in [0.3, 0.4) is 0 Å². The number of aliphatic imine (C=N–C) groups is 1. The molecule has 0 amide bonds. The molecular weight excluding hydrogens is 507 g/mol. The second kappa shape index (κ2) is 12.7. The molecule has 0 saturated heterocycles. The van der Waals surface area contributed by atoms with Crippen molar-refractivity contribution in [2.75, 3.05) is 48.5 Å². The topological polar surface area (TPSA) is 67.2 Å². The molecule has 1 unspecified atom stereocenters. The van der Waals surface area contributed by atoms with Crippen LogP contribution in [0.5, 0.6) is 11.5 Å². The highest BCUT2D eigenvalue weighted by Crippen LogP contribution is 2.30. The summed E-state index contributed by atoms with van der Waals surface area (Å²) in [7, 11) is 11.4. The summed E-state index contributed by atoms with van der Waals surface area (Å²) in [6.07, 6.45) is 3.95. The Labute approximate surface area is 203 Å². The largest absolute Gasteiger partial charge is 0.493 e. The Morgan fingerprint density at radius 2 is 1.84 bits per heavy atom. The fourth-order valence-corrected chi connectivity index (χ4v) is 3.35. The minimum atomic E-state index is 0. The highest BCUT2D eigenvalue weighted by atomic mass is 127. The lowest BCUT2D eigenvalue weighted by atomic mass is 10.1. The molecule has 2 aromatic rings. The van der Waals surface area contributed by atoms with Crippen LogP contribution in [0.25, 0.3) is 0 Å². The number of hydrogen-bond donors (Lipinski definition) is 1. The molecule has 1 aromatic heterocycles. The summed E-state index contributed by atoms with van der Waals surface area (Å²) in [6.45, 7) is 6.30. The van der Waals surface area contributed by atoms with Crippen LogP contribution in [-0.2, 0) is 13.6 Å². The lowest BCUT2D eigenvalue weighted by Crippen LogP contribution is -2.39. The van der Waals surface area contributed by atoms with E-state index in [9.17, 15) is 0 Å². The third-order valence-electron chi connectivity index (χ3n) is 5.09. The maximum Gasteiger partial charge on any atom is 0.194 e. The van der Waals surface area contributed by atoms with Crippen LogP contribution in [0.15, 0.2) is 29.5 Å². The van der Waals surface area contributed by atoms with Gasteiger partial charge in [-0.2, -0.15) is 5.10 Å². The summed E-state index contributed by atoms with van der Waals surface area (Å²) in [5.41, 5.74) is 3.47. The number of hydrogen-bond acceptors (Lipinski definition) is 5. The first-order valence-electron chi connectivity index (χ1n) is 10.2. The van der Waals surface area contributed by atoms with Gasteiger partial charge in [0, 0.05) is 38.9 Å². The molecule has 1 N–H and O–H groups in total. The van der Waals surface area contributed by atoms with E-state index >= 15 is 0 Å². The maximum atomic E-state index is 5.47. The number of ether oxygens (including phenoxy) is 2. The zero-order valence-electron chi connectivity index (χ0n) is 20.0. The Morgan fingerprint density at radius 1 is 1.19 bits per heavy atom. The molecule has 0 aliphatic rings. The molecule has 0 radical (unpaired) electrons. The van der Waals surface area contributed by atoms with E-state index in [4.69, 9.17) is 14.5 Å². The maximum absolute atomic E-state index is 5.47. The summed E-state index contributed by atoms with van der Waals surface area (Å²) in [4.78, 5) is 9.22. The number of aryl methyl sites for hydroxylation is 2. The van der Waals surface area contributed by atoms with Crippen LogP contribution in [0, 0.1) is 6.92 Å². The molecule has 0 fully saturated rings. The average molecular weight is 544 g/mol. The Kier molecular flexibility index (Phi) is 11.1. The molecule has 0 bridgehead atoms. The van der Waals surface area contributed by atoms with Crippen molar-refractivity contribution in [1.82, 2.24) is 24.9 Å². The van der Waals surface area contributed by atoms with E-state index in [-0.39, 0.29) is 30.0 Å². The van der Waals surface area contributed by atoms with E-state index in [2.05, 4.69) is 48.2 Å². The molecule has 2 rings (SSSR count). The smallest absolute Gasteiger partial charge is 0.194 e. The summed E-state index contributed by atoms with van der Waals surface area (Å²) in [5.74, 6) is 2.34. The molecule has 31 heavy (non-hydrogen) atoms. The van der Waals surface area contributed by atoms with Crippen LogP contribution in [-0.4, -0.2) is 74.0 Å². The van der Waals surface area contributed by atoms with Gasteiger partial charge in [0.15, 0.2) is 17.5 Å². The Balaban J connectivity index is 0.00000480. The Morgan fingerprint density at radius 3 is 2.35 bits per heavy atom. The van der Waals surface area contributed by atoms with Crippen LogP contribution < -0.4 is 14.8 Å². The van der Waals surface area contributed by atoms with E-state index in [0.717, 1.165) is 40.7 Å². The monoisotopic (exact) mass is 544 g/mol. The normalized spacial score (nSPS) is 12.4. The molecule has 174 valence electrons. The van der Waals surface area contributed by atoms with Crippen molar-refractivity contribution in [1.29, 1.82) is 0 Å². The van der Waals surface area contributed by atoms with Gasteiger partial charge in [-0.3, -0.25) is 9.67 Å². The van der Waals surface area contributed by atoms with Gasteiger partial charge in [0.25, 0.3) is 0 Å². The minimum absolute atomic E-state index is 0. The zero-order valence-corrected chi connectivity index (χ0v) is 22.3. The van der Waals surface area contributed by atoms with Crippen LogP contribution in [0.4, 0.5) is 0 Å². The van der Waals surface area contributed by atoms with E-state index in [1.54, 1.807) is 14.2 Å². The molecule has 8 nitrogen and oxygen atoms in total. The summed E-state index contributed by atoms with van der Waals surface area (Å²) in [5, 5.41) is 7.71. The predicted molar refractivity (Wildman–Crippen MR) is 137 cm³/mol. The van der Waals surface area contributed by atoms with E-state index < -0.39 is 0 Å². The van der Waals surface area contributed by atoms with Gasteiger partial charge in [-0.25, -0.2) is 0 Å². The Bertz CT molecular complexity index is 853. The number of likely N-dealkylation sites (N-methyl/N-ethyl adjacent to an activating group) is 1. The quantitative estimate of drug-likeness (QED) is 0.298. The summed E-state index contributed by atoms with van der Waals surface area (Å²) in [6, 6.07) is 4.20. The van der Waals surface area contributed by atoms with Crippen molar-refractivity contribution in [2.45, 2.75) is 26.4 Å². The number of methoxy groups -OCH3 is 2. The lowest BCUT2D eigenvalue weighted by molar-refractivity contribution is 0.305. The van der Waals surface area contributed by atoms with Gasteiger partial charge in [-0.1, -0.05) is 0 Å². The van der Waals surface area contributed by atoms with Crippen LogP contribution >= 0.6 is 24.0 Å². The molecule has 1 atom stereocenters. The third-order valence-corrected chi connectivity index (χ3v) is 5.09. The van der Waals surface area contributed by atoms with E-state index in [1.807, 2.05) is 43.3 Å². The number of nitrogens with zero attached hydrogens (tertiary/aromatic N) is 5. The number of nitrogens with one attached hydrogen (secondary N) is 1. The number of benzene rings is 1. The van der Waals surface area contributed by atoms with E-state index in [0.29, 0.717) is 13.1 Å². The molecule has 0 aliphatic carbocycles. The van der Waals surface area contributed by atoms with Gasteiger partial charge >= 0.3 is 0 Å². The fraction of sp³-hybridized carbons (Fsp3) is 0.545. The average Bonchev–Trinajstić information content (AvgIpc) is 3.13. The first kappa shape index (κ1) is 27.0. The second-order valence-corrected chi connectivity index (χ2v) is 7.61. The highest BCUT2D eigenvalue weighted by molar-refractivity contribution is 14.0. The SMILES string of the molecule is CCNC(=NCC(c1cnn(C)c1)N(C)C)N(C)Cc1cc(OC)c(OC)cc1C.I. The van der Waals surface area contributed by atoms with Gasteiger partial charge in [0.1, 0.15) is 0 Å². The van der Waals surface area contributed by atoms with Gasteiger partial charge in [0.2, 0.25) is 0 Å². The van der Waals surface area contributed by atoms with Crippen LogP contribution in [0.2, 0.25) is 0 Å². The van der Waals surface area contributed by atoms with Crippen LogP contribution in [0.1, 0.15) is 29.7 Å². The second-order valence-electron chi connectivity index (χ2n) is 7.61. The number of rotatable bonds is 9. The predicted octanol–water partition coefficient (Wildman–Crippen LogP) is 3.06. The minimum Gasteiger partial charge on any atom is -0.493 e. The van der Waals surface area contributed by atoms with Crippen molar-refractivity contribution in [3.05, 3.63) is 41.2 Å². The molecule has 0 aliphatic heterocycles. The molecule has 0 spiro atoms. The van der Waals surface area contributed by atoms with Crippen molar-refractivity contribution in [3.8, 4) is 11.5 Å². The standard InChI is InChI=1S/C22H36N6O2.HI/c1-9-23-22(24-13-19(26(3)4)18-12-25-28(6)15-18)27(5)14-17-11-21(30-8)20(29-7)10-16(17)2;/h10-12,15,19H,9,13-14H2,1-8H3,(H,23,24);1H. The molecular formula is C22H37IN6O2. The third kappa shape index (κ3) is 7.27. The van der Waals surface area contributed by atoms with E-state index in [1.165, 1.54) is 0 Å². The van der Waals surface area contributed by atoms with Crippen molar-refractivity contribution < 1.29 is 9.47 Å². The van der Waals surface area contributed by atoms with Gasteiger partial charge in [-0.15, -0.1) is 24.0 Å². The number of aromatic nitrogens is 2. The van der Waals surface area contributed by atoms with Crippen molar-refractivity contribution >= 4 is 29.9 Å². The number of guanidine groups is 1. The molecule has 0 saturated carbocycles. The van der Waals surface area contributed by atoms with Gasteiger partial charge in [-0.05, 0) is 51.2 Å². The Hall–Kier alpha value is -2.01. The summed E-state index contributed by atoms with van der Waals surface area (Å²) < 4.78 is 12.7. The first-order valence-corrected chi connectivity index (χ1v) is 10.2.